The minimum atomic E-state index is 0.0887. The van der Waals surface area contributed by atoms with Gasteiger partial charge in [-0.2, -0.15) is 0 Å². The van der Waals surface area contributed by atoms with Crippen LogP contribution in [0.5, 0.6) is 0 Å². The minimum absolute atomic E-state index is 0.0887. The minimum Gasteiger partial charge on any atom is -0.390 e. The van der Waals surface area contributed by atoms with E-state index < -0.39 is 0 Å². The van der Waals surface area contributed by atoms with E-state index in [1.54, 1.807) is 12.4 Å². The van der Waals surface area contributed by atoms with Crippen molar-refractivity contribution in [1.82, 2.24) is 15.2 Å². The quantitative estimate of drug-likeness (QED) is 0.816. The van der Waals surface area contributed by atoms with Crippen LogP contribution in [0.1, 0.15) is 5.56 Å². The van der Waals surface area contributed by atoms with Crippen molar-refractivity contribution in [2.45, 2.75) is 6.42 Å². The number of hydrogen-bond acceptors (Lipinski definition) is 6. The average molecular weight is 219 g/mol. The molecule has 0 radical (unpaired) electrons. The lowest BCUT2D eigenvalue weighted by molar-refractivity contribution is 0.560. The summed E-state index contributed by atoms with van der Waals surface area (Å²) in [7, 11) is 1.88. The van der Waals surface area contributed by atoms with Crippen molar-refractivity contribution >= 4 is 12.0 Å². The fourth-order valence-corrected chi connectivity index (χ4v) is 1.32. The Hall–Kier alpha value is -2.11. The monoisotopic (exact) mass is 219 g/mol. The molecule has 0 atom stereocenters. The largest absolute Gasteiger partial charge is 0.390 e. The number of pyridine rings is 1. The molecule has 0 spiro atoms. The Kier molecular flexibility index (Phi) is 3.00. The van der Waals surface area contributed by atoms with Crippen LogP contribution < -0.4 is 10.6 Å². The molecule has 0 unspecified atom stereocenters. The van der Waals surface area contributed by atoms with E-state index in [9.17, 15) is 0 Å². The van der Waals surface area contributed by atoms with Crippen molar-refractivity contribution < 1.29 is 4.42 Å². The second kappa shape index (κ2) is 4.61. The molecule has 2 aromatic rings. The first-order chi connectivity index (χ1) is 7.75. The maximum atomic E-state index is 5.35. The predicted molar refractivity (Wildman–Crippen MR) is 59.9 cm³/mol. The fourth-order valence-electron chi connectivity index (χ4n) is 1.32. The van der Waals surface area contributed by atoms with Gasteiger partial charge in [0.05, 0.1) is 0 Å². The van der Waals surface area contributed by atoms with Crippen molar-refractivity contribution in [3.63, 3.8) is 0 Å². The van der Waals surface area contributed by atoms with Crippen LogP contribution in [0, 0.1) is 0 Å². The molecule has 0 aliphatic carbocycles. The van der Waals surface area contributed by atoms with E-state index in [0.717, 1.165) is 13.0 Å². The molecule has 2 N–H and O–H groups in total. The molecule has 0 bridgehead atoms. The van der Waals surface area contributed by atoms with Gasteiger partial charge in [0, 0.05) is 26.0 Å². The Morgan fingerprint density at radius 1 is 1.31 bits per heavy atom. The number of nitrogen functional groups attached to an aromatic ring is 1. The highest BCUT2D eigenvalue weighted by Crippen LogP contribution is 2.11. The molecule has 0 saturated carbocycles. The van der Waals surface area contributed by atoms with Gasteiger partial charge in [-0.3, -0.25) is 4.98 Å². The highest BCUT2D eigenvalue weighted by molar-refractivity contribution is 5.26. The van der Waals surface area contributed by atoms with Crippen molar-refractivity contribution in [2.24, 2.45) is 0 Å². The molecule has 0 aromatic carbocycles. The Bertz CT molecular complexity index is 441. The summed E-state index contributed by atoms with van der Waals surface area (Å²) >= 11 is 0. The summed E-state index contributed by atoms with van der Waals surface area (Å²) in [5, 5.41) is 7.40. The highest BCUT2D eigenvalue weighted by atomic mass is 16.4. The highest BCUT2D eigenvalue weighted by Gasteiger charge is 2.08. The molecule has 2 aromatic heterocycles. The topological polar surface area (TPSA) is 81.1 Å². The van der Waals surface area contributed by atoms with E-state index >= 15 is 0 Å². The summed E-state index contributed by atoms with van der Waals surface area (Å²) < 4.78 is 5.10. The molecular formula is C10H13N5O. The summed E-state index contributed by atoms with van der Waals surface area (Å²) in [4.78, 5) is 5.83. The second-order valence-electron chi connectivity index (χ2n) is 3.45. The zero-order valence-corrected chi connectivity index (χ0v) is 9.00. The zero-order valence-electron chi connectivity index (χ0n) is 9.00. The van der Waals surface area contributed by atoms with E-state index in [1.807, 2.05) is 24.1 Å². The van der Waals surface area contributed by atoms with E-state index in [1.165, 1.54) is 5.56 Å². The lowest BCUT2D eigenvalue weighted by Crippen LogP contribution is -2.20. The van der Waals surface area contributed by atoms with Crippen LogP contribution in [-0.4, -0.2) is 28.8 Å². The molecule has 0 saturated heterocycles. The van der Waals surface area contributed by atoms with E-state index in [-0.39, 0.29) is 6.01 Å². The molecular weight excluding hydrogens is 206 g/mol. The number of nitrogens with two attached hydrogens (primary N) is 1. The molecule has 16 heavy (non-hydrogen) atoms. The second-order valence-corrected chi connectivity index (χ2v) is 3.45. The zero-order chi connectivity index (χ0) is 11.4. The number of rotatable bonds is 4. The van der Waals surface area contributed by atoms with Crippen LogP contribution in [0.3, 0.4) is 0 Å². The van der Waals surface area contributed by atoms with Gasteiger partial charge in [0.25, 0.3) is 0 Å². The maximum Gasteiger partial charge on any atom is 0.319 e. The van der Waals surface area contributed by atoms with Gasteiger partial charge in [-0.1, -0.05) is 10.2 Å². The Morgan fingerprint density at radius 3 is 2.69 bits per heavy atom. The number of hydrogen-bond donors (Lipinski definition) is 1. The molecule has 0 fully saturated rings. The first-order valence-electron chi connectivity index (χ1n) is 4.95. The summed E-state index contributed by atoms with van der Waals surface area (Å²) in [6.45, 7) is 0.783. The van der Waals surface area contributed by atoms with Crippen LogP contribution in [-0.2, 0) is 6.42 Å². The molecule has 6 nitrogen and oxygen atoms in total. The molecule has 6 heteroatoms. The smallest absolute Gasteiger partial charge is 0.319 e. The lowest BCUT2D eigenvalue weighted by Gasteiger charge is -2.13. The summed E-state index contributed by atoms with van der Waals surface area (Å²) in [5.74, 6) is 0. The third kappa shape index (κ3) is 2.47. The number of anilines is 2. The van der Waals surface area contributed by atoms with Gasteiger partial charge in [-0.15, -0.1) is 0 Å². The van der Waals surface area contributed by atoms with Gasteiger partial charge in [-0.25, -0.2) is 0 Å². The van der Waals surface area contributed by atoms with E-state index in [4.69, 9.17) is 10.2 Å². The number of likely N-dealkylation sites (N-methyl/N-ethyl adjacent to an activating group) is 1. The summed E-state index contributed by atoms with van der Waals surface area (Å²) in [5.41, 5.74) is 6.57. The average Bonchev–Trinajstić information content (AvgIpc) is 2.74. The normalized spacial score (nSPS) is 10.3. The fraction of sp³-hybridized carbons (Fsp3) is 0.300. The van der Waals surface area contributed by atoms with Gasteiger partial charge < -0.3 is 15.1 Å². The number of nitrogens with zero attached hydrogens (tertiary/aromatic N) is 4. The van der Waals surface area contributed by atoms with Crippen LogP contribution in [0.25, 0.3) is 0 Å². The standard InChI is InChI=1S/C10H13N5O/c1-15(10-14-13-9(11)16-10)7-4-8-2-5-12-6-3-8/h2-3,5-6H,4,7H2,1H3,(H2,11,13). The van der Waals surface area contributed by atoms with Crippen molar-refractivity contribution in [3.05, 3.63) is 30.1 Å². The lowest BCUT2D eigenvalue weighted by atomic mass is 10.2. The molecule has 0 aliphatic heterocycles. The van der Waals surface area contributed by atoms with E-state index in [2.05, 4.69) is 15.2 Å². The van der Waals surface area contributed by atoms with Gasteiger partial charge in [0.2, 0.25) is 0 Å². The Balaban J connectivity index is 1.91. The van der Waals surface area contributed by atoms with Crippen LogP contribution in [0.4, 0.5) is 12.0 Å². The maximum absolute atomic E-state index is 5.35. The SMILES string of the molecule is CN(CCc1ccncc1)c1nnc(N)o1. The third-order valence-corrected chi connectivity index (χ3v) is 2.24. The first kappa shape index (κ1) is 10.4. The van der Waals surface area contributed by atoms with Gasteiger partial charge in [-0.05, 0) is 24.1 Å². The van der Waals surface area contributed by atoms with Crippen LogP contribution in [0.15, 0.2) is 28.9 Å². The Labute approximate surface area is 93.1 Å². The van der Waals surface area contributed by atoms with Gasteiger partial charge >= 0.3 is 12.0 Å². The van der Waals surface area contributed by atoms with Crippen LogP contribution >= 0.6 is 0 Å². The van der Waals surface area contributed by atoms with Crippen LogP contribution in [0.2, 0.25) is 0 Å². The van der Waals surface area contributed by atoms with Gasteiger partial charge in [0.15, 0.2) is 0 Å². The molecule has 0 aliphatic rings. The molecule has 2 heterocycles. The Morgan fingerprint density at radius 2 is 2.06 bits per heavy atom. The van der Waals surface area contributed by atoms with Crippen molar-refractivity contribution in [1.29, 1.82) is 0 Å². The van der Waals surface area contributed by atoms with Crippen molar-refractivity contribution in [3.8, 4) is 0 Å². The predicted octanol–water partition coefficient (Wildman–Crippen LogP) is 0.726. The van der Waals surface area contributed by atoms with Crippen molar-refractivity contribution in [2.75, 3.05) is 24.2 Å². The molecule has 84 valence electrons. The number of aromatic nitrogens is 3. The first-order valence-corrected chi connectivity index (χ1v) is 4.95. The summed E-state index contributed by atoms with van der Waals surface area (Å²) in [6.07, 6.45) is 4.45. The molecule has 0 amide bonds. The third-order valence-electron chi connectivity index (χ3n) is 2.24. The van der Waals surface area contributed by atoms with E-state index in [0.29, 0.717) is 6.01 Å². The summed E-state index contributed by atoms with van der Waals surface area (Å²) in [6, 6.07) is 4.49. The molecule has 2 rings (SSSR count). The van der Waals surface area contributed by atoms with Gasteiger partial charge in [0.1, 0.15) is 0 Å².